The van der Waals surface area contributed by atoms with Crippen LogP contribution in [0.1, 0.15) is 66.1 Å². The van der Waals surface area contributed by atoms with Crippen LogP contribution in [-0.2, 0) is 11.0 Å². The molecule has 2 amide bonds. The number of fused-ring (bicyclic) bond motifs is 1. The Kier molecular flexibility index (Phi) is 7.20. The Bertz CT molecular complexity index is 1130. The van der Waals surface area contributed by atoms with Gasteiger partial charge in [0.15, 0.2) is 0 Å². The lowest BCUT2D eigenvalue weighted by Crippen LogP contribution is -2.46. The fraction of sp³-hybridized carbons (Fsp3) is 0.519. The van der Waals surface area contributed by atoms with E-state index in [0.717, 1.165) is 62.9 Å². The number of amides is 2. The molecule has 2 unspecified atom stereocenters. The van der Waals surface area contributed by atoms with Crippen molar-refractivity contribution in [3.8, 4) is 0 Å². The van der Waals surface area contributed by atoms with Gasteiger partial charge in [0.25, 0.3) is 5.91 Å². The Balaban J connectivity index is 1.12. The van der Waals surface area contributed by atoms with Crippen LogP contribution < -0.4 is 5.32 Å². The molecule has 198 valence electrons. The fourth-order valence-corrected chi connectivity index (χ4v) is 6.31. The van der Waals surface area contributed by atoms with Gasteiger partial charge in [-0.2, -0.15) is 13.2 Å². The first kappa shape index (κ1) is 25.6. The van der Waals surface area contributed by atoms with Crippen LogP contribution in [0.25, 0.3) is 0 Å². The monoisotopic (exact) mass is 518 g/mol. The molecule has 6 nitrogen and oxygen atoms in total. The zero-order valence-corrected chi connectivity index (χ0v) is 20.4. The van der Waals surface area contributed by atoms with Crippen LogP contribution in [-0.4, -0.2) is 64.4 Å². The summed E-state index contributed by atoms with van der Waals surface area (Å²) < 4.78 is 52.0. The van der Waals surface area contributed by atoms with E-state index in [2.05, 4.69) is 15.2 Å². The second kappa shape index (κ2) is 10.4. The molecule has 2 aliphatic heterocycles. The normalized spacial score (nSPS) is 26.2. The van der Waals surface area contributed by atoms with Crippen LogP contribution in [0.4, 0.5) is 17.6 Å². The Labute approximate surface area is 213 Å². The molecule has 0 spiro atoms. The minimum Gasteiger partial charge on any atom is -0.343 e. The van der Waals surface area contributed by atoms with Gasteiger partial charge in [-0.25, -0.2) is 4.39 Å². The zero-order valence-electron chi connectivity index (χ0n) is 20.4. The number of hydrogen-bond donors (Lipinski definition) is 1. The fourth-order valence-electron chi connectivity index (χ4n) is 6.31. The highest BCUT2D eigenvalue weighted by Crippen LogP contribution is 2.40. The van der Waals surface area contributed by atoms with E-state index < -0.39 is 17.6 Å². The summed E-state index contributed by atoms with van der Waals surface area (Å²) in [5, 5.41) is 2.49. The third-order valence-electron chi connectivity index (χ3n) is 8.13. The van der Waals surface area contributed by atoms with Gasteiger partial charge in [0.05, 0.1) is 18.3 Å². The minimum absolute atomic E-state index is 0.0921. The standard InChI is InChI=1S/C27H30F4N4O2/c28-20-6-9-22(32-15-20)17-4-7-21(8-5-17)34-12-10-24-23(34)11-13-35(24)25(36)16-33-26(37)18-2-1-3-19(14-18)27(29,30)31/h1-3,6,9,14-15,17,21,23-24H,4-5,7-8,10-13,16H2,(H,33,37)/t17-,21-,23?,24?. The summed E-state index contributed by atoms with van der Waals surface area (Å²) in [6.07, 6.45) is 2.56. The SMILES string of the molecule is O=C(NCC(=O)N1CCC2C1CCN2[C@H]1CC[C@H](c2ccc(F)cn2)CC1)c1cccc(C(F)(F)F)c1. The first-order valence-corrected chi connectivity index (χ1v) is 12.8. The number of hydrogen-bond acceptors (Lipinski definition) is 4. The number of aromatic nitrogens is 1. The second-order valence-electron chi connectivity index (χ2n) is 10.2. The molecule has 2 saturated heterocycles. The van der Waals surface area contributed by atoms with Crippen LogP contribution in [0, 0.1) is 5.82 Å². The largest absolute Gasteiger partial charge is 0.416 e. The van der Waals surface area contributed by atoms with Crippen molar-refractivity contribution >= 4 is 11.8 Å². The van der Waals surface area contributed by atoms with Gasteiger partial charge in [-0.05, 0) is 68.9 Å². The molecule has 1 N–H and O–H groups in total. The zero-order chi connectivity index (χ0) is 26.2. The van der Waals surface area contributed by atoms with E-state index in [1.807, 2.05) is 4.90 Å². The first-order valence-electron chi connectivity index (χ1n) is 12.8. The highest BCUT2D eigenvalue weighted by Gasteiger charge is 2.46. The lowest BCUT2D eigenvalue weighted by Gasteiger charge is -2.37. The maximum absolute atomic E-state index is 13.2. The van der Waals surface area contributed by atoms with E-state index in [4.69, 9.17) is 0 Å². The molecule has 10 heteroatoms. The third-order valence-corrected chi connectivity index (χ3v) is 8.13. The van der Waals surface area contributed by atoms with E-state index >= 15 is 0 Å². The van der Waals surface area contributed by atoms with Gasteiger partial charge in [-0.3, -0.25) is 19.5 Å². The number of likely N-dealkylation sites (tertiary alicyclic amines) is 2. The summed E-state index contributed by atoms with van der Waals surface area (Å²) >= 11 is 0. The van der Waals surface area contributed by atoms with Crippen LogP contribution in [0.5, 0.6) is 0 Å². The number of rotatable bonds is 5. The van der Waals surface area contributed by atoms with E-state index in [0.29, 0.717) is 18.5 Å². The van der Waals surface area contributed by atoms with Crippen molar-refractivity contribution < 1.29 is 27.2 Å². The third kappa shape index (κ3) is 5.49. The molecular formula is C27H30F4N4O2. The number of benzene rings is 1. The number of nitrogens with one attached hydrogen (secondary N) is 1. The number of pyridine rings is 1. The molecule has 2 atom stereocenters. The number of alkyl halides is 3. The predicted molar refractivity (Wildman–Crippen MR) is 128 cm³/mol. The molecular weight excluding hydrogens is 488 g/mol. The second-order valence-corrected chi connectivity index (χ2v) is 10.2. The molecule has 3 aliphatic rings. The van der Waals surface area contributed by atoms with Crippen LogP contribution in [0.3, 0.4) is 0 Å². The topological polar surface area (TPSA) is 65.5 Å². The maximum atomic E-state index is 13.2. The van der Waals surface area contributed by atoms with Gasteiger partial charge >= 0.3 is 6.18 Å². The summed E-state index contributed by atoms with van der Waals surface area (Å²) in [4.78, 5) is 33.9. The van der Waals surface area contributed by atoms with Crippen molar-refractivity contribution in [1.29, 1.82) is 0 Å². The molecule has 3 heterocycles. The molecule has 2 aromatic rings. The van der Waals surface area contributed by atoms with Gasteiger partial charge in [0.1, 0.15) is 5.82 Å². The molecule has 1 aliphatic carbocycles. The Hall–Kier alpha value is -3.01. The molecule has 37 heavy (non-hydrogen) atoms. The quantitative estimate of drug-likeness (QED) is 0.597. The molecule has 0 bridgehead atoms. The molecule has 0 radical (unpaired) electrons. The summed E-state index contributed by atoms with van der Waals surface area (Å²) in [7, 11) is 0. The summed E-state index contributed by atoms with van der Waals surface area (Å²) in [5.41, 5.74) is -0.0766. The predicted octanol–water partition coefficient (Wildman–Crippen LogP) is 4.37. The van der Waals surface area contributed by atoms with Crippen LogP contribution >= 0.6 is 0 Å². The van der Waals surface area contributed by atoms with Crippen molar-refractivity contribution in [2.24, 2.45) is 0 Å². The number of nitrogens with zero attached hydrogens (tertiary/aromatic N) is 3. The molecule has 1 aromatic carbocycles. The van der Waals surface area contributed by atoms with Crippen LogP contribution in [0.15, 0.2) is 42.6 Å². The van der Waals surface area contributed by atoms with Crippen LogP contribution in [0.2, 0.25) is 0 Å². The van der Waals surface area contributed by atoms with Gasteiger partial charge < -0.3 is 10.2 Å². The molecule has 1 aromatic heterocycles. The maximum Gasteiger partial charge on any atom is 0.416 e. The van der Waals surface area contributed by atoms with Crippen molar-refractivity contribution in [2.45, 2.75) is 68.7 Å². The van der Waals surface area contributed by atoms with Crippen molar-refractivity contribution in [2.75, 3.05) is 19.6 Å². The van der Waals surface area contributed by atoms with Crippen molar-refractivity contribution in [3.05, 3.63) is 65.2 Å². The summed E-state index contributed by atoms with van der Waals surface area (Å²) in [6, 6.07) is 8.25. The van der Waals surface area contributed by atoms with E-state index in [1.54, 1.807) is 6.07 Å². The minimum atomic E-state index is -4.54. The lowest BCUT2D eigenvalue weighted by molar-refractivity contribution is -0.137. The number of halogens is 4. The molecule has 1 saturated carbocycles. The summed E-state index contributed by atoms with van der Waals surface area (Å²) in [5.74, 6) is -0.884. The Morgan fingerprint density at radius 2 is 1.73 bits per heavy atom. The average Bonchev–Trinajstić information content (AvgIpc) is 3.50. The highest BCUT2D eigenvalue weighted by atomic mass is 19.4. The van der Waals surface area contributed by atoms with E-state index in [1.165, 1.54) is 24.4 Å². The highest BCUT2D eigenvalue weighted by molar-refractivity contribution is 5.96. The Morgan fingerprint density at radius 3 is 2.43 bits per heavy atom. The van der Waals surface area contributed by atoms with Gasteiger partial charge in [0.2, 0.25) is 5.91 Å². The smallest absolute Gasteiger partial charge is 0.343 e. The van der Waals surface area contributed by atoms with Crippen molar-refractivity contribution in [1.82, 2.24) is 20.1 Å². The first-order chi connectivity index (χ1) is 17.7. The van der Waals surface area contributed by atoms with E-state index in [-0.39, 0.29) is 35.9 Å². The summed E-state index contributed by atoms with van der Waals surface area (Å²) in [6.45, 7) is 1.28. The van der Waals surface area contributed by atoms with E-state index in [9.17, 15) is 27.2 Å². The molecule has 5 rings (SSSR count). The Morgan fingerprint density at radius 1 is 0.973 bits per heavy atom. The lowest BCUT2D eigenvalue weighted by atomic mass is 9.83. The number of carbonyl (C=O) groups excluding carboxylic acids is 2. The average molecular weight is 519 g/mol. The van der Waals surface area contributed by atoms with Crippen molar-refractivity contribution in [3.63, 3.8) is 0 Å². The molecule has 3 fully saturated rings. The van der Waals surface area contributed by atoms with Gasteiger partial charge in [0, 0.05) is 48.4 Å². The van der Waals surface area contributed by atoms with Gasteiger partial charge in [-0.1, -0.05) is 6.07 Å². The van der Waals surface area contributed by atoms with Gasteiger partial charge in [-0.15, -0.1) is 0 Å². The number of carbonyl (C=O) groups is 2.